The van der Waals surface area contributed by atoms with E-state index in [9.17, 15) is 4.79 Å². The lowest BCUT2D eigenvalue weighted by molar-refractivity contribution is -0.124. The van der Waals surface area contributed by atoms with Crippen LogP contribution in [0.2, 0.25) is 0 Å². The average Bonchev–Trinajstić information content (AvgIpc) is 2.48. The molecule has 1 fully saturated rings. The Balaban J connectivity index is 1.87. The molecule has 0 radical (unpaired) electrons. The van der Waals surface area contributed by atoms with Gasteiger partial charge in [-0.3, -0.25) is 4.79 Å². The fourth-order valence-electron chi connectivity index (χ4n) is 2.82. The third kappa shape index (κ3) is 2.37. The molecule has 0 unspecified atom stereocenters. The van der Waals surface area contributed by atoms with Crippen LogP contribution in [-0.4, -0.2) is 18.0 Å². The van der Waals surface area contributed by atoms with Crippen LogP contribution in [0, 0.1) is 0 Å². The molecular formula is C17H18N2O2. The summed E-state index contributed by atoms with van der Waals surface area (Å²) in [5.74, 6) is 0.458. The number of aromatic nitrogens is 1. The normalized spacial score (nSPS) is 15.9. The molecule has 0 aliphatic heterocycles. The molecule has 1 aliphatic carbocycles. The van der Waals surface area contributed by atoms with Crippen molar-refractivity contribution < 1.29 is 9.53 Å². The first-order valence-electron chi connectivity index (χ1n) is 7.12. The fraction of sp³-hybridized carbons (Fsp3) is 0.294. The number of anilines is 1. The summed E-state index contributed by atoms with van der Waals surface area (Å²) in [7, 11) is 1.55. The van der Waals surface area contributed by atoms with Gasteiger partial charge in [-0.1, -0.05) is 36.8 Å². The van der Waals surface area contributed by atoms with E-state index in [4.69, 9.17) is 4.74 Å². The third-order valence-electron chi connectivity index (χ3n) is 4.18. The summed E-state index contributed by atoms with van der Waals surface area (Å²) in [6.07, 6.45) is 4.48. The zero-order chi connectivity index (χ0) is 14.7. The molecule has 1 heterocycles. The van der Waals surface area contributed by atoms with Gasteiger partial charge in [0.05, 0.1) is 12.5 Å². The second kappa shape index (κ2) is 5.56. The lowest BCUT2D eigenvalue weighted by atomic mass is 9.64. The zero-order valence-electron chi connectivity index (χ0n) is 12.0. The van der Waals surface area contributed by atoms with Crippen molar-refractivity contribution in [3.05, 3.63) is 54.2 Å². The topological polar surface area (TPSA) is 51.2 Å². The zero-order valence-corrected chi connectivity index (χ0v) is 12.0. The van der Waals surface area contributed by atoms with Gasteiger partial charge in [0.2, 0.25) is 11.8 Å². The molecule has 21 heavy (non-hydrogen) atoms. The number of hydrogen-bond acceptors (Lipinski definition) is 3. The molecule has 0 saturated heterocycles. The monoisotopic (exact) mass is 282 g/mol. The van der Waals surface area contributed by atoms with Crippen LogP contribution < -0.4 is 10.1 Å². The average molecular weight is 282 g/mol. The van der Waals surface area contributed by atoms with Gasteiger partial charge in [-0.05, 0) is 30.5 Å². The molecule has 3 rings (SSSR count). The number of carbonyl (C=O) groups excluding carboxylic acids is 1. The highest BCUT2D eigenvalue weighted by molar-refractivity contribution is 6.00. The number of methoxy groups -OCH3 is 1. The Hall–Kier alpha value is -2.36. The Kier molecular flexibility index (Phi) is 3.60. The molecule has 4 nitrogen and oxygen atoms in total. The van der Waals surface area contributed by atoms with E-state index in [0.717, 1.165) is 24.8 Å². The third-order valence-corrected chi connectivity index (χ3v) is 4.18. The number of carbonyl (C=O) groups is 1. The molecule has 0 bridgehead atoms. The first-order valence-corrected chi connectivity index (χ1v) is 7.12. The second-order valence-corrected chi connectivity index (χ2v) is 5.32. The lowest BCUT2D eigenvalue weighted by Crippen LogP contribution is -2.46. The maximum Gasteiger partial charge on any atom is 0.237 e. The van der Waals surface area contributed by atoms with Crippen molar-refractivity contribution in [2.75, 3.05) is 12.4 Å². The quantitative estimate of drug-likeness (QED) is 0.937. The summed E-state index contributed by atoms with van der Waals surface area (Å²) in [6.45, 7) is 0. The standard InChI is InChI=1S/C17H18N2O2/c1-21-15-14(9-5-12-18-15)19-16(20)17(10-6-11-17)13-7-3-2-4-8-13/h2-5,7-9,12H,6,10-11H2,1H3,(H,19,20). The van der Waals surface area contributed by atoms with E-state index in [-0.39, 0.29) is 5.91 Å². The highest BCUT2D eigenvalue weighted by atomic mass is 16.5. The molecule has 1 aromatic heterocycles. The number of benzene rings is 1. The number of amides is 1. The van der Waals surface area contributed by atoms with Crippen LogP contribution in [0.3, 0.4) is 0 Å². The van der Waals surface area contributed by atoms with Crippen molar-refractivity contribution in [3.8, 4) is 5.88 Å². The molecular weight excluding hydrogens is 264 g/mol. The highest BCUT2D eigenvalue weighted by Gasteiger charge is 2.45. The Morgan fingerprint density at radius 3 is 2.57 bits per heavy atom. The molecule has 0 spiro atoms. The van der Waals surface area contributed by atoms with E-state index in [1.54, 1.807) is 25.4 Å². The van der Waals surface area contributed by atoms with Crippen molar-refractivity contribution in [1.29, 1.82) is 0 Å². The number of ether oxygens (including phenoxy) is 1. The SMILES string of the molecule is COc1ncccc1NC(=O)C1(c2ccccc2)CCC1. The molecule has 1 aliphatic rings. The van der Waals surface area contributed by atoms with Crippen LogP contribution in [0.4, 0.5) is 5.69 Å². The van der Waals surface area contributed by atoms with E-state index in [1.165, 1.54) is 0 Å². The molecule has 108 valence electrons. The highest BCUT2D eigenvalue weighted by Crippen LogP contribution is 2.44. The van der Waals surface area contributed by atoms with E-state index < -0.39 is 5.41 Å². The van der Waals surface area contributed by atoms with Crippen molar-refractivity contribution in [2.45, 2.75) is 24.7 Å². The summed E-state index contributed by atoms with van der Waals surface area (Å²) in [6, 6.07) is 13.6. The van der Waals surface area contributed by atoms with E-state index in [0.29, 0.717) is 11.6 Å². The molecule has 1 aromatic carbocycles. The second-order valence-electron chi connectivity index (χ2n) is 5.32. The number of pyridine rings is 1. The van der Waals surface area contributed by atoms with Gasteiger partial charge in [-0.15, -0.1) is 0 Å². The van der Waals surface area contributed by atoms with Crippen LogP contribution in [0.1, 0.15) is 24.8 Å². The molecule has 1 amide bonds. The lowest BCUT2D eigenvalue weighted by Gasteiger charge is -2.40. The summed E-state index contributed by atoms with van der Waals surface area (Å²) >= 11 is 0. The van der Waals surface area contributed by atoms with Crippen LogP contribution >= 0.6 is 0 Å². The predicted molar refractivity (Wildman–Crippen MR) is 81.4 cm³/mol. The van der Waals surface area contributed by atoms with Gasteiger partial charge in [0.15, 0.2) is 0 Å². The van der Waals surface area contributed by atoms with Gasteiger partial charge in [0.25, 0.3) is 0 Å². The number of nitrogens with zero attached hydrogens (tertiary/aromatic N) is 1. The summed E-state index contributed by atoms with van der Waals surface area (Å²) < 4.78 is 5.19. The predicted octanol–water partition coefficient (Wildman–Crippen LogP) is 3.15. The number of rotatable bonds is 4. The van der Waals surface area contributed by atoms with E-state index in [1.807, 2.05) is 30.3 Å². The van der Waals surface area contributed by atoms with Crippen LogP contribution in [0.15, 0.2) is 48.7 Å². The van der Waals surface area contributed by atoms with Gasteiger partial charge in [-0.25, -0.2) is 4.98 Å². The van der Waals surface area contributed by atoms with Crippen molar-refractivity contribution in [1.82, 2.24) is 4.98 Å². The molecule has 0 atom stereocenters. The van der Waals surface area contributed by atoms with Gasteiger partial charge < -0.3 is 10.1 Å². The fourth-order valence-corrected chi connectivity index (χ4v) is 2.82. The maximum absolute atomic E-state index is 12.8. The maximum atomic E-state index is 12.8. The Morgan fingerprint density at radius 2 is 1.95 bits per heavy atom. The van der Waals surface area contributed by atoms with Crippen molar-refractivity contribution >= 4 is 11.6 Å². The first kappa shape index (κ1) is 13.6. The van der Waals surface area contributed by atoms with Crippen LogP contribution in [-0.2, 0) is 10.2 Å². The summed E-state index contributed by atoms with van der Waals surface area (Å²) in [4.78, 5) is 16.9. The van der Waals surface area contributed by atoms with E-state index in [2.05, 4.69) is 10.3 Å². The molecule has 4 heteroatoms. The number of hydrogen-bond donors (Lipinski definition) is 1. The van der Waals surface area contributed by atoms with Gasteiger partial charge in [0, 0.05) is 6.20 Å². The van der Waals surface area contributed by atoms with Crippen LogP contribution in [0.25, 0.3) is 0 Å². The summed E-state index contributed by atoms with van der Waals surface area (Å²) in [5.41, 5.74) is 1.28. The minimum absolute atomic E-state index is 0.0197. The van der Waals surface area contributed by atoms with Gasteiger partial charge in [-0.2, -0.15) is 0 Å². The first-order chi connectivity index (χ1) is 10.3. The van der Waals surface area contributed by atoms with Gasteiger partial charge in [0.1, 0.15) is 5.69 Å². The van der Waals surface area contributed by atoms with Crippen molar-refractivity contribution in [2.24, 2.45) is 0 Å². The number of nitrogens with one attached hydrogen (secondary N) is 1. The molecule has 2 aromatic rings. The Morgan fingerprint density at radius 1 is 1.19 bits per heavy atom. The van der Waals surface area contributed by atoms with Gasteiger partial charge >= 0.3 is 0 Å². The Labute approximate surface area is 124 Å². The molecule has 1 N–H and O–H groups in total. The van der Waals surface area contributed by atoms with Crippen LogP contribution in [0.5, 0.6) is 5.88 Å². The smallest absolute Gasteiger partial charge is 0.237 e. The largest absolute Gasteiger partial charge is 0.480 e. The molecule has 1 saturated carbocycles. The minimum atomic E-state index is -0.415. The Bertz CT molecular complexity index is 636. The van der Waals surface area contributed by atoms with Crippen molar-refractivity contribution in [3.63, 3.8) is 0 Å². The summed E-state index contributed by atoms with van der Waals surface area (Å²) in [5, 5.41) is 2.98. The van der Waals surface area contributed by atoms with E-state index >= 15 is 0 Å². The minimum Gasteiger partial charge on any atom is -0.480 e.